The zero-order valence-electron chi connectivity index (χ0n) is 10.2. The van der Waals surface area contributed by atoms with Crippen LogP contribution < -0.4 is 10.1 Å². The third kappa shape index (κ3) is 3.09. The molecular formula is C13H16F3NO. The van der Waals surface area contributed by atoms with E-state index < -0.39 is 12.8 Å². The van der Waals surface area contributed by atoms with Crippen molar-refractivity contribution in [2.24, 2.45) is 5.92 Å². The van der Waals surface area contributed by atoms with Gasteiger partial charge in [0.25, 0.3) is 0 Å². The molecule has 1 aliphatic rings. The van der Waals surface area contributed by atoms with E-state index >= 15 is 0 Å². The minimum absolute atomic E-state index is 0.291. The van der Waals surface area contributed by atoms with Crippen molar-refractivity contribution in [3.63, 3.8) is 0 Å². The average molecular weight is 259 g/mol. The number of fused-ring (bicyclic) bond motifs is 1. The standard InChI is InChI=1S/C13H16F3NO/c1-2-9-6-10-4-3-5-11(12(10)17-7-9)18-8-13(14,15)16/h3-5,9,17H,2,6-8H2,1H3. The zero-order valence-corrected chi connectivity index (χ0v) is 10.2. The SMILES string of the molecule is CCC1CNc2c(cccc2OCC(F)(F)F)C1. The van der Waals surface area contributed by atoms with E-state index in [9.17, 15) is 13.2 Å². The van der Waals surface area contributed by atoms with Crippen molar-refractivity contribution >= 4 is 5.69 Å². The largest absolute Gasteiger partial charge is 0.482 e. The summed E-state index contributed by atoms with van der Waals surface area (Å²) in [5, 5.41) is 3.18. The minimum Gasteiger partial charge on any atom is -0.482 e. The summed E-state index contributed by atoms with van der Waals surface area (Å²) in [4.78, 5) is 0. The molecule has 1 aliphatic heterocycles. The summed E-state index contributed by atoms with van der Waals surface area (Å²) >= 11 is 0. The summed E-state index contributed by atoms with van der Waals surface area (Å²) in [7, 11) is 0. The van der Waals surface area contributed by atoms with E-state index in [1.807, 2.05) is 6.07 Å². The Morgan fingerprint density at radius 1 is 1.39 bits per heavy atom. The zero-order chi connectivity index (χ0) is 13.2. The van der Waals surface area contributed by atoms with Gasteiger partial charge in [0, 0.05) is 6.54 Å². The highest BCUT2D eigenvalue weighted by Gasteiger charge is 2.29. The van der Waals surface area contributed by atoms with Crippen molar-refractivity contribution in [1.29, 1.82) is 0 Å². The molecule has 0 saturated heterocycles. The number of para-hydroxylation sites is 1. The van der Waals surface area contributed by atoms with Crippen LogP contribution in [0.5, 0.6) is 5.75 Å². The van der Waals surface area contributed by atoms with Crippen molar-refractivity contribution in [3.05, 3.63) is 23.8 Å². The summed E-state index contributed by atoms with van der Waals surface area (Å²) < 4.78 is 41.3. The lowest BCUT2D eigenvalue weighted by atomic mass is 9.92. The lowest BCUT2D eigenvalue weighted by Gasteiger charge is -2.27. The van der Waals surface area contributed by atoms with Crippen LogP contribution in [0, 0.1) is 5.92 Å². The van der Waals surface area contributed by atoms with Gasteiger partial charge in [-0.3, -0.25) is 0 Å². The van der Waals surface area contributed by atoms with Gasteiger partial charge in [-0.15, -0.1) is 0 Å². The van der Waals surface area contributed by atoms with Gasteiger partial charge in [-0.2, -0.15) is 13.2 Å². The first-order valence-corrected chi connectivity index (χ1v) is 6.05. The van der Waals surface area contributed by atoms with Crippen LogP contribution in [0.3, 0.4) is 0 Å². The van der Waals surface area contributed by atoms with Crippen LogP contribution in [0.25, 0.3) is 0 Å². The maximum Gasteiger partial charge on any atom is 0.422 e. The predicted molar refractivity (Wildman–Crippen MR) is 64.0 cm³/mol. The Balaban J connectivity index is 2.14. The highest BCUT2D eigenvalue weighted by molar-refractivity contribution is 5.63. The van der Waals surface area contributed by atoms with Crippen LogP contribution in [-0.2, 0) is 6.42 Å². The van der Waals surface area contributed by atoms with Crippen LogP contribution in [0.4, 0.5) is 18.9 Å². The molecule has 100 valence electrons. The van der Waals surface area contributed by atoms with Crippen molar-refractivity contribution in [3.8, 4) is 5.75 Å². The Labute approximate surface area is 104 Å². The molecule has 0 amide bonds. The summed E-state index contributed by atoms with van der Waals surface area (Å²) in [5.41, 5.74) is 1.75. The average Bonchev–Trinajstić information content (AvgIpc) is 2.34. The smallest absolute Gasteiger partial charge is 0.422 e. The fraction of sp³-hybridized carbons (Fsp3) is 0.538. The topological polar surface area (TPSA) is 21.3 Å². The Morgan fingerprint density at radius 2 is 2.17 bits per heavy atom. The number of hydrogen-bond acceptors (Lipinski definition) is 2. The van der Waals surface area contributed by atoms with Crippen molar-refractivity contribution in [1.82, 2.24) is 0 Å². The maximum atomic E-state index is 12.1. The fourth-order valence-corrected chi connectivity index (χ4v) is 2.15. The first-order valence-electron chi connectivity index (χ1n) is 6.05. The summed E-state index contributed by atoms with van der Waals surface area (Å²) in [6.45, 7) is 1.65. The summed E-state index contributed by atoms with van der Waals surface area (Å²) in [5.74, 6) is 0.828. The molecule has 2 nitrogen and oxygen atoms in total. The van der Waals surface area contributed by atoms with Gasteiger partial charge in [0.2, 0.25) is 0 Å². The number of halogens is 3. The van der Waals surface area contributed by atoms with Gasteiger partial charge in [-0.1, -0.05) is 25.5 Å². The second kappa shape index (κ2) is 5.08. The van der Waals surface area contributed by atoms with E-state index in [4.69, 9.17) is 4.74 Å². The normalized spacial score (nSPS) is 19.0. The number of ether oxygens (including phenoxy) is 1. The van der Waals surface area contributed by atoms with E-state index in [1.54, 1.807) is 12.1 Å². The lowest BCUT2D eigenvalue weighted by molar-refractivity contribution is -0.153. The molecular weight excluding hydrogens is 243 g/mol. The molecule has 5 heteroatoms. The molecule has 0 fully saturated rings. The van der Waals surface area contributed by atoms with E-state index in [0.717, 1.165) is 24.9 Å². The van der Waals surface area contributed by atoms with Gasteiger partial charge >= 0.3 is 6.18 Å². The molecule has 1 aromatic carbocycles. The predicted octanol–water partition coefficient (Wildman–Crippen LogP) is 3.62. The summed E-state index contributed by atoms with van der Waals surface area (Å²) in [6.07, 6.45) is -2.36. The Morgan fingerprint density at radius 3 is 2.83 bits per heavy atom. The van der Waals surface area contributed by atoms with Crippen molar-refractivity contribution in [2.75, 3.05) is 18.5 Å². The van der Waals surface area contributed by atoms with Crippen LogP contribution in [-0.4, -0.2) is 19.3 Å². The molecule has 1 aromatic rings. The van der Waals surface area contributed by atoms with Gasteiger partial charge in [-0.05, 0) is 24.0 Å². The van der Waals surface area contributed by atoms with Gasteiger partial charge in [-0.25, -0.2) is 0 Å². The van der Waals surface area contributed by atoms with Crippen LogP contribution >= 0.6 is 0 Å². The number of hydrogen-bond donors (Lipinski definition) is 1. The second-order valence-electron chi connectivity index (χ2n) is 4.55. The first-order chi connectivity index (χ1) is 8.49. The highest BCUT2D eigenvalue weighted by Crippen LogP contribution is 2.35. The minimum atomic E-state index is -4.30. The van der Waals surface area contributed by atoms with E-state index in [-0.39, 0.29) is 0 Å². The molecule has 0 radical (unpaired) electrons. The van der Waals surface area contributed by atoms with Gasteiger partial charge in [0.1, 0.15) is 5.75 Å². The maximum absolute atomic E-state index is 12.1. The number of rotatable bonds is 3. The first kappa shape index (κ1) is 13.1. The van der Waals surface area contributed by atoms with Gasteiger partial charge in [0.15, 0.2) is 6.61 Å². The third-order valence-corrected chi connectivity index (χ3v) is 3.16. The molecule has 0 aromatic heterocycles. The molecule has 0 bridgehead atoms. The number of benzene rings is 1. The second-order valence-corrected chi connectivity index (χ2v) is 4.55. The van der Waals surface area contributed by atoms with Gasteiger partial charge in [0.05, 0.1) is 5.69 Å². The lowest BCUT2D eigenvalue weighted by Crippen LogP contribution is -2.24. The van der Waals surface area contributed by atoms with Crippen molar-refractivity contribution < 1.29 is 17.9 Å². The number of alkyl halides is 3. The molecule has 1 atom stereocenters. The summed E-state index contributed by atoms with van der Waals surface area (Å²) in [6, 6.07) is 5.25. The molecule has 1 heterocycles. The Bertz CT molecular complexity index is 417. The molecule has 1 N–H and O–H groups in total. The van der Waals surface area contributed by atoms with Crippen molar-refractivity contribution in [2.45, 2.75) is 25.9 Å². The third-order valence-electron chi connectivity index (χ3n) is 3.16. The Hall–Kier alpha value is -1.39. The monoisotopic (exact) mass is 259 g/mol. The molecule has 2 rings (SSSR count). The van der Waals surface area contributed by atoms with Crippen LogP contribution in [0.2, 0.25) is 0 Å². The molecule has 0 spiro atoms. The quantitative estimate of drug-likeness (QED) is 0.895. The van der Waals surface area contributed by atoms with Crippen LogP contribution in [0.15, 0.2) is 18.2 Å². The molecule has 1 unspecified atom stereocenters. The fourth-order valence-electron chi connectivity index (χ4n) is 2.15. The number of nitrogens with one attached hydrogen (secondary N) is 1. The highest BCUT2D eigenvalue weighted by atomic mass is 19.4. The molecule has 0 saturated carbocycles. The van der Waals surface area contributed by atoms with Crippen LogP contribution in [0.1, 0.15) is 18.9 Å². The van der Waals surface area contributed by atoms with E-state index in [1.165, 1.54) is 0 Å². The van der Waals surface area contributed by atoms with E-state index in [2.05, 4.69) is 12.2 Å². The Kier molecular flexibility index (Phi) is 3.68. The van der Waals surface area contributed by atoms with Gasteiger partial charge < -0.3 is 10.1 Å². The molecule has 0 aliphatic carbocycles. The molecule has 18 heavy (non-hydrogen) atoms. The van der Waals surface area contributed by atoms with E-state index in [0.29, 0.717) is 17.4 Å². The number of anilines is 1.